The Kier molecular flexibility index (Phi) is 3.78. The van der Waals surface area contributed by atoms with Crippen LogP contribution in [0.1, 0.15) is 17.3 Å². The fraction of sp³-hybridized carbons (Fsp3) is 0.118. The van der Waals surface area contributed by atoms with E-state index in [4.69, 9.17) is 22.1 Å². The monoisotopic (exact) mass is 298 g/mol. The molecule has 21 heavy (non-hydrogen) atoms. The molecule has 4 heteroatoms. The van der Waals surface area contributed by atoms with Crippen molar-refractivity contribution in [2.75, 3.05) is 7.11 Å². The van der Waals surface area contributed by atoms with Crippen LogP contribution in [0.4, 0.5) is 0 Å². The lowest BCUT2D eigenvalue weighted by atomic mass is 10.0. The van der Waals surface area contributed by atoms with Crippen LogP contribution in [-0.4, -0.2) is 12.1 Å². The number of methoxy groups -OCH3 is 1. The van der Waals surface area contributed by atoms with E-state index in [0.29, 0.717) is 10.8 Å². The Morgan fingerprint density at radius 2 is 1.90 bits per heavy atom. The zero-order valence-corrected chi connectivity index (χ0v) is 12.3. The molecule has 0 fully saturated rings. The first-order chi connectivity index (χ1) is 10.2. The van der Waals surface area contributed by atoms with Gasteiger partial charge in [-0.15, -0.1) is 0 Å². The van der Waals surface area contributed by atoms with Crippen molar-refractivity contribution in [3.8, 4) is 5.75 Å². The molecule has 0 bridgehead atoms. The van der Waals surface area contributed by atoms with Gasteiger partial charge in [-0.2, -0.15) is 0 Å². The molecule has 2 aromatic carbocycles. The number of ether oxygens (including phenoxy) is 1. The van der Waals surface area contributed by atoms with Crippen LogP contribution < -0.4 is 10.5 Å². The molecule has 3 rings (SSSR count). The molecule has 3 aromatic rings. The minimum Gasteiger partial charge on any atom is -0.495 e. The number of aromatic nitrogens is 1. The summed E-state index contributed by atoms with van der Waals surface area (Å²) in [6, 6.07) is 17.2. The maximum absolute atomic E-state index is 6.32. The first-order valence-electron chi connectivity index (χ1n) is 6.64. The summed E-state index contributed by atoms with van der Waals surface area (Å²) in [7, 11) is 1.59. The number of para-hydroxylation sites is 1. The highest BCUT2D eigenvalue weighted by Gasteiger charge is 2.13. The highest BCUT2D eigenvalue weighted by atomic mass is 35.5. The predicted molar refractivity (Wildman–Crippen MR) is 85.8 cm³/mol. The quantitative estimate of drug-likeness (QED) is 0.796. The highest BCUT2D eigenvalue weighted by molar-refractivity contribution is 6.32. The van der Waals surface area contributed by atoms with Crippen LogP contribution >= 0.6 is 11.6 Å². The fourth-order valence-electron chi connectivity index (χ4n) is 2.30. The van der Waals surface area contributed by atoms with Crippen molar-refractivity contribution in [3.05, 3.63) is 70.9 Å². The van der Waals surface area contributed by atoms with Crippen molar-refractivity contribution in [1.82, 2.24) is 4.98 Å². The van der Waals surface area contributed by atoms with Gasteiger partial charge in [0.15, 0.2) is 0 Å². The topological polar surface area (TPSA) is 48.1 Å². The van der Waals surface area contributed by atoms with Gasteiger partial charge in [0.05, 0.1) is 29.4 Å². The molecule has 1 unspecified atom stereocenters. The molecule has 0 saturated heterocycles. The van der Waals surface area contributed by atoms with Crippen LogP contribution in [0.15, 0.2) is 54.6 Å². The Morgan fingerprint density at radius 3 is 2.71 bits per heavy atom. The van der Waals surface area contributed by atoms with Gasteiger partial charge in [-0.25, -0.2) is 0 Å². The molecule has 0 saturated carbocycles. The van der Waals surface area contributed by atoms with Crippen LogP contribution in [0.25, 0.3) is 10.9 Å². The van der Waals surface area contributed by atoms with E-state index in [0.717, 1.165) is 22.2 Å². The Balaban J connectivity index is 2.01. The molecule has 1 atom stereocenters. The van der Waals surface area contributed by atoms with Crippen LogP contribution in [0, 0.1) is 0 Å². The van der Waals surface area contributed by atoms with Crippen molar-refractivity contribution in [3.63, 3.8) is 0 Å². The fourth-order valence-corrected chi connectivity index (χ4v) is 2.49. The Morgan fingerprint density at radius 1 is 1.10 bits per heavy atom. The first-order valence-corrected chi connectivity index (χ1v) is 7.01. The Bertz CT molecular complexity index is 789. The summed E-state index contributed by atoms with van der Waals surface area (Å²) in [5.41, 5.74) is 8.99. The molecule has 106 valence electrons. The van der Waals surface area contributed by atoms with Crippen LogP contribution in [0.2, 0.25) is 5.02 Å². The molecular weight excluding hydrogens is 284 g/mol. The lowest BCUT2D eigenvalue weighted by molar-refractivity contribution is 0.414. The molecular formula is C17H15ClN2O. The summed E-state index contributed by atoms with van der Waals surface area (Å²) in [4.78, 5) is 4.63. The summed E-state index contributed by atoms with van der Waals surface area (Å²) >= 11 is 6.04. The van der Waals surface area contributed by atoms with E-state index in [1.54, 1.807) is 13.2 Å². The number of rotatable bonds is 3. The zero-order chi connectivity index (χ0) is 14.8. The molecule has 2 N–H and O–H groups in total. The van der Waals surface area contributed by atoms with Crippen LogP contribution in [0.5, 0.6) is 5.75 Å². The van der Waals surface area contributed by atoms with Gasteiger partial charge in [0, 0.05) is 5.39 Å². The van der Waals surface area contributed by atoms with Gasteiger partial charge in [-0.05, 0) is 29.8 Å². The third-order valence-corrected chi connectivity index (χ3v) is 3.79. The average molecular weight is 299 g/mol. The van der Waals surface area contributed by atoms with Crippen molar-refractivity contribution in [2.45, 2.75) is 6.04 Å². The van der Waals surface area contributed by atoms with Gasteiger partial charge in [0.1, 0.15) is 5.75 Å². The van der Waals surface area contributed by atoms with Gasteiger partial charge in [0.25, 0.3) is 0 Å². The number of nitrogens with zero attached hydrogens (tertiary/aromatic N) is 1. The summed E-state index contributed by atoms with van der Waals surface area (Å²) in [6.07, 6.45) is 0. The molecule has 0 aliphatic carbocycles. The van der Waals surface area contributed by atoms with Crippen molar-refractivity contribution in [1.29, 1.82) is 0 Å². The molecule has 1 aromatic heterocycles. The summed E-state index contributed by atoms with van der Waals surface area (Å²) < 4.78 is 5.23. The second kappa shape index (κ2) is 5.72. The largest absolute Gasteiger partial charge is 0.495 e. The molecule has 0 spiro atoms. The summed E-state index contributed by atoms with van der Waals surface area (Å²) in [5, 5.41) is 1.67. The maximum Gasteiger partial charge on any atom is 0.137 e. The van der Waals surface area contributed by atoms with Gasteiger partial charge >= 0.3 is 0 Å². The van der Waals surface area contributed by atoms with E-state index >= 15 is 0 Å². The third-order valence-electron chi connectivity index (χ3n) is 3.47. The van der Waals surface area contributed by atoms with Crippen molar-refractivity contribution < 1.29 is 4.74 Å². The molecule has 1 heterocycles. The average Bonchev–Trinajstić information content (AvgIpc) is 2.54. The van der Waals surface area contributed by atoms with Gasteiger partial charge in [0.2, 0.25) is 0 Å². The number of halogens is 1. The zero-order valence-electron chi connectivity index (χ0n) is 11.6. The molecule has 0 amide bonds. The Hall–Kier alpha value is -2.10. The molecule has 0 aliphatic rings. The van der Waals surface area contributed by atoms with E-state index in [2.05, 4.69) is 4.98 Å². The van der Waals surface area contributed by atoms with Crippen LogP contribution in [0.3, 0.4) is 0 Å². The van der Waals surface area contributed by atoms with E-state index in [9.17, 15) is 0 Å². The predicted octanol–water partition coefficient (Wildman–Crippen LogP) is 3.94. The van der Waals surface area contributed by atoms with Crippen molar-refractivity contribution in [2.24, 2.45) is 5.73 Å². The van der Waals surface area contributed by atoms with Gasteiger partial charge in [-0.1, -0.05) is 41.9 Å². The number of fused-ring (bicyclic) bond motifs is 1. The van der Waals surface area contributed by atoms with E-state index in [-0.39, 0.29) is 6.04 Å². The number of nitrogens with two attached hydrogens (primary N) is 1. The number of hydrogen-bond donors (Lipinski definition) is 1. The number of pyridine rings is 1. The first kappa shape index (κ1) is 13.9. The smallest absolute Gasteiger partial charge is 0.137 e. The molecule has 0 aliphatic heterocycles. The number of hydrogen-bond acceptors (Lipinski definition) is 3. The maximum atomic E-state index is 6.32. The second-order valence-electron chi connectivity index (χ2n) is 4.80. The number of benzene rings is 2. The minimum atomic E-state index is -0.319. The normalized spacial score (nSPS) is 12.3. The summed E-state index contributed by atoms with van der Waals surface area (Å²) in [5.74, 6) is 0.616. The van der Waals surface area contributed by atoms with Crippen LogP contribution in [-0.2, 0) is 0 Å². The van der Waals surface area contributed by atoms with E-state index in [1.807, 2.05) is 48.5 Å². The lowest BCUT2D eigenvalue weighted by Gasteiger charge is -2.14. The van der Waals surface area contributed by atoms with Crippen molar-refractivity contribution >= 4 is 22.5 Å². The Labute approximate surface area is 128 Å². The third kappa shape index (κ3) is 2.71. The summed E-state index contributed by atoms with van der Waals surface area (Å²) in [6.45, 7) is 0. The molecule has 0 radical (unpaired) electrons. The molecule has 3 nitrogen and oxygen atoms in total. The van der Waals surface area contributed by atoms with E-state index in [1.165, 1.54) is 0 Å². The van der Waals surface area contributed by atoms with Gasteiger partial charge in [-0.3, -0.25) is 4.98 Å². The second-order valence-corrected chi connectivity index (χ2v) is 5.21. The lowest BCUT2D eigenvalue weighted by Crippen LogP contribution is -2.13. The van der Waals surface area contributed by atoms with Gasteiger partial charge < -0.3 is 10.5 Å². The standard InChI is InChI=1S/C17H15ClN2O/c1-21-16-10-12(6-8-13(16)18)17(19)15-9-7-11-4-2-3-5-14(11)20-15/h2-10,17H,19H2,1H3. The van der Waals surface area contributed by atoms with E-state index < -0.39 is 0 Å². The highest BCUT2D eigenvalue weighted by Crippen LogP contribution is 2.29. The minimum absolute atomic E-state index is 0.319. The SMILES string of the molecule is COc1cc(C(N)c2ccc3ccccc3n2)ccc1Cl.